The van der Waals surface area contributed by atoms with Gasteiger partial charge in [-0.1, -0.05) is 42.5 Å². The number of hydrogen-bond acceptors (Lipinski definition) is 9. The van der Waals surface area contributed by atoms with Crippen molar-refractivity contribution in [3.8, 4) is 11.6 Å². The maximum atomic E-state index is 14.8. The van der Waals surface area contributed by atoms with Crippen molar-refractivity contribution in [1.82, 2.24) is 15.2 Å². The summed E-state index contributed by atoms with van der Waals surface area (Å²) in [6, 6.07) is 8.12. The predicted octanol–water partition coefficient (Wildman–Crippen LogP) is 6.60. The predicted molar refractivity (Wildman–Crippen MR) is 142 cm³/mol. The van der Waals surface area contributed by atoms with Gasteiger partial charge in [0.05, 0.1) is 23.6 Å². The highest BCUT2D eigenvalue weighted by atomic mass is 32.2. The molecule has 0 spiro atoms. The van der Waals surface area contributed by atoms with Crippen LogP contribution >= 0.6 is 0 Å². The van der Waals surface area contributed by atoms with Gasteiger partial charge in [-0.2, -0.15) is 26.3 Å². The lowest BCUT2D eigenvalue weighted by atomic mass is 9.97. The Morgan fingerprint density at radius 1 is 1.05 bits per heavy atom. The number of rotatable bonds is 4. The number of nitrogens with one attached hydrogen (secondary N) is 1. The number of pyridine rings is 1. The first-order valence-electron chi connectivity index (χ1n) is 12.9. The van der Waals surface area contributed by atoms with Crippen molar-refractivity contribution >= 4 is 21.6 Å². The Morgan fingerprint density at radius 2 is 1.73 bits per heavy atom. The Bertz CT molecular complexity index is 1650. The van der Waals surface area contributed by atoms with Crippen molar-refractivity contribution in [3.05, 3.63) is 65.6 Å². The van der Waals surface area contributed by atoms with Crippen molar-refractivity contribution in [3.63, 3.8) is 0 Å². The van der Waals surface area contributed by atoms with Crippen LogP contribution in [0.5, 0.6) is 0 Å². The summed E-state index contributed by atoms with van der Waals surface area (Å²) in [6.07, 6.45) is -11.1. The average molecular weight is 649 g/mol. The zero-order valence-corrected chi connectivity index (χ0v) is 24.2. The molecule has 0 radical (unpaired) electrons. The number of anilines is 1. The highest BCUT2D eigenvalue weighted by molar-refractivity contribution is 7.91. The fourth-order valence-corrected chi connectivity index (χ4v) is 5.46. The quantitative estimate of drug-likeness (QED) is 0.246. The van der Waals surface area contributed by atoms with Crippen LogP contribution < -0.4 is 5.32 Å². The number of carbonyl (C=O) groups is 1. The molecule has 1 N–H and O–H groups in total. The molecule has 1 aromatic carbocycles. The van der Waals surface area contributed by atoms with Gasteiger partial charge in [-0.15, -0.1) is 10.2 Å². The fourth-order valence-electron chi connectivity index (χ4n) is 4.09. The second-order valence-electron chi connectivity index (χ2n) is 10.7. The van der Waals surface area contributed by atoms with E-state index in [9.17, 15) is 39.6 Å². The van der Waals surface area contributed by atoms with Crippen LogP contribution in [0, 0.1) is 0 Å². The average Bonchev–Trinajstić information content (AvgIpc) is 3.38. The number of benzene rings is 1. The molecule has 1 aliphatic rings. The summed E-state index contributed by atoms with van der Waals surface area (Å²) >= 11 is 0. The lowest BCUT2D eigenvalue weighted by molar-refractivity contribution is -0.295. The number of alkyl halides is 6. The van der Waals surface area contributed by atoms with Crippen LogP contribution in [0.4, 0.5) is 36.8 Å². The van der Waals surface area contributed by atoms with Crippen molar-refractivity contribution < 1.29 is 53.4 Å². The summed E-state index contributed by atoms with van der Waals surface area (Å²) in [7, 11) is -4.80. The summed E-state index contributed by atoms with van der Waals surface area (Å²) in [6.45, 7) is 3.84. The van der Waals surface area contributed by atoms with E-state index >= 15 is 0 Å². The molecule has 238 valence electrons. The maximum absolute atomic E-state index is 14.8. The largest absolute Gasteiger partial charge is 0.444 e. The topological polar surface area (TPSA) is 134 Å². The minimum atomic E-state index is -5.28. The molecule has 2 aromatic heterocycles. The molecule has 4 bridgehead atoms. The monoisotopic (exact) mass is 648 g/mol. The fraction of sp³-hybridized carbons (Fsp3) is 0.407. The lowest BCUT2D eigenvalue weighted by Crippen LogP contribution is -2.45. The zero-order valence-electron chi connectivity index (χ0n) is 23.4. The van der Waals surface area contributed by atoms with Crippen LogP contribution in [-0.2, 0) is 37.7 Å². The van der Waals surface area contributed by atoms with Gasteiger partial charge in [0, 0.05) is 6.42 Å². The molecule has 1 unspecified atom stereocenters. The van der Waals surface area contributed by atoms with Crippen molar-refractivity contribution in [2.24, 2.45) is 0 Å². The molecule has 0 fully saturated rings. The molecular weight excluding hydrogens is 622 g/mol. The van der Waals surface area contributed by atoms with E-state index < -0.39 is 98.4 Å². The highest BCUT2D eigenvalue weighted by Crippen LogP contribution is 2.47. The van der Waals surface area contributed by atoms with Gasteiger partial charge < -0.3 is 13.9 Å². The highest BCUT2D eigenvalue weighted by Gasteiger charge is 2.61. The van der Waals surface area contributed by atoms with E-state index in [2.05, 4.69) is 15.2 Å². The Labute approximate surface area is 247 Å². The number of ether oxygens (including phenoxy) is 2. The Balaban J connectivity index is 1.95. The summed E-state index contributed by atoms with van der Waals surface area (Å²) in [5, 5.41) is 7.65. The van der Waals surface area contributed by atoms with Crippen LogP contribution in [0.1, 0.15) is 50.6 Å². The molecule has 1 amide bonds. The van der Waals surface area contributed by atoms with Crippen molar-refractivity contribution in [2.75, 3.05) is 11.1 Å². The minimum Gasteiger partial charge on any atom is -0.444 e. The first-order valence-corrected chi connectivity index (χ1v) is 14.6. The molecular formula is C27H26F6N4O6S. The van der Waals surface area contributed by atoms with Crippen LogP contribution in [-0.4, -0.2) is 47.2 Å². The normalized spacial score (nSPS) is 19.7. The van der Waals surface area contributed by atoms with E-state index in [-0.39, 0.29) is 6.07 Å². The summed E-state index contributed by atoms with van der Waals surface area (Å²) in [5.41, 5.74) is -7.39. The van der Waals surface area contributed by atoms with E-state index in [4.69, 9.17) is 13.9 Å². The number of aromatic nitrogens is 3. The van der Waals surface area contributed by atoms with Gasteiger partial charge in [0.15, 0.2) is 20.6 Å². The Kier molecular flexibility index (Phi) is 8.85. The van der Waals surface area contributed by atoms with Crippen LogP contribution in [0.25, 0.3) is 11.6 Å². The van der Waals surface area contributed by atoms with Crippen LogP contribution in [0.2, 0.25) is 0 Å². The molecule has 3 aromatic rings. The number of fused-ring (bicyclic) bond motifs is 5. The molecule has 0 saturated carbocycles. The number of sulfone groups is 1. The van der Waals surface area contributed by atoms with Gasteiger partial charge in [-0.25, -0.2) is 18.2 Å². The van der Waals surface area contributed by atoms with Gasteiger partial charge in [-0.05, 0) is 38.8 Å². The standard InChI is InChI=1S/C27H26F6N4O6S/c1-24(2,3)43-23(38)34-18-14-17(26(28,29)30)21-35-19(18)20-36-37-22(42-20)25(27(31,32)33,12-8-5-9-13-44(21,39)40)41-15-16-10-6-4-7-11-16/h4-8,10-11,14H,9,12-13,15H2,1-3H3,(H,34,38)/b8-5+. The number of allylic oxidation sites excluding steroid dienone is 1. The molecule has 0 saturated heterocycles. The van der Waals surface area contributed by atoms with Gasteiger partial charge >= 0.3 is 18.4 Å². The van der Waals surface area contributed by atoms with Crippen molar-refractivity contribution in [1.29, 1.82) is 0 Å². The Hall–Kier alpha value is -3.99. The third kappa shape index (κ3) is 7.20. The number of amides is 1. The summed E-state index contributed by atoms with van der Waals surface area (Å²) in [4.78, 5) is 16.2. The number of halogens is 6. The first-order chi connectivity index (χ1) is 20.3. The smallest absolute Gasteiger partial charge is 0.426 e. The lowest BCUT2D eigenvalue weighted by Gasteiger charge is -2.31. The number of carbonyl (C=O) groups excluding carboxylic acids is 1. The number of hydrogen-bond donors (Lipinski definition) is 1. The van der Waals surface area contributed by atoms with Crippen LogP contribution in [0.15, 0.2) is 58.0 Å². The Morgan fingerprint density at radius 3 is 2.34 bits per heavy atom. The second-order valence-corrected chi connectivity index (χ2v) is 12.7. The van der Waals surface area contributed by atoms with Crippen molar-refractivity contribution in [2.45, 2.75) is 68.8 Å². The van der Waals surface area contributed by atoms with Gasteiger partial charge in [0.1, 0.15) is 5.60 Å². The minimum absolute atomic E-state index is 0.265. The van der Waals surface area contributed by atoms with Crippen LogP contribution in [0.3, 0.4) is 0 Å². The molecule has 0 aliphatic carbocycles. The molecule has 17 heteroatoms. The molecule has 1 aliphatic heterocycles. The zero-order chi connectivity index (χ0) is 32.6. The van der Waals surface area contributed by atoms with E-state index in [0.717, 1.165) is 12.2 Å². The maximum Gasteiger partial charge on any atom is 0.426 e. The van der Waals surface area contributed by atoms with E-state index in [0.29, 0.717) is 5.56 Å². The van der Waals surface area contributed by atoms with E-state index in [1.165, 1.54) is 32.9 Å². The first kappa shape index (κ1) is 32.9. The SMILES string of the molecule is CC(C)(C)OC(=O)Nc1cc(C(F)(F)F)c2nc1-c1nnc(o1)C(OCc1ccccc1)(C(F)(F)F)C/C=C/CCS2(=O)=O. The van der Waals surface area contributed by atoms with E-state index in [1.54, 1.807) is 18.2 Å². The molecule has 1 atom stereocenters. The van der Waals surface area contributed by atoms with Gasteiger partial charge in [-0.3, -0.25) is 5.32 Å². The third-order valence-electron chi connectivity index (χ3n) is 6.11. The van der Waals surface area contributed by atoms with Gasteiger partial charge in [0.2, 0.25) is 5.60 Å². The molecule has 44 heavy (non-hydrogen) atoms. The summed E-state index contributed by atoms with van der Waals surface area (Å²) < 4.78 is 129. The molecule has 4 rings (SSSR count). The molecule has 10 nitrogen and oxygen atoms in total. The van der Waals surface area contributed by atoms with Gasteiger partial charge in [0.25, 0.3) is 11.8 Å². The third-order valence-corrected chi connectivity index (χ3v) is 7.78. The summed E-state index contributed by atoms with van der Waals surface area (Å²) in [5.74, 6) is -2.98. The molecule has 3 heterocycles. The van der Waals surface area contributed by atoms with E-state index in [1.807, 2.05) is 5.32 Å². The second kappa shape index (κ2) is 11.8. The number of nitrogens with zero attached hydrogens (tertiary/aromatic N) is 3.